The van der Waals surface area contributed by atoms with Crippen molar-refractivity contribution in [2.45, 2.75) is 71.0 Å². The second kappa shape index (κ2) is 10.1. The van der Waals surface area contributed by atoms with Crippen molar-refractivity contribution in [1.29, 1.82) is 0 Å². The average Bonchev–Trinajstić information content (AvgIpc) is 2.68. The van der Waals surface area contributed by atoms with E-state index in [1.165, 1.54) is 49.8 Å². The third-order valence-electron chi connectivity index (χ3n) is 6.08. The van der Waals surface area contributed by atoms with Crippen LogP contribution in [0.25, 0.3) is 0 Å². The van der Waals surface area contributed by atoms with Gasteiger partial charge in [0.1, 0.15) is 0 Å². The first-order valence-electron chi connectivity index (χ1n) is 10.5. The molecule has 1 aromatic rings. The van der Waals surface area contributed by atoms with Gasteiger partial charge < -0.3 is 10.6 Å². The van der Waals surface area contributed by atoms with E-state index in [2.05, 4.69) is 46.7 Å². The summed E-state index contributed by atoms with van der Waals surface area (Å²) in [6, 6.07) is 9.46. The molecule has 3 rings (SSSR count). The smallest absolute Gasteiger partial charge is 0.220 e. The Kier molecular flexibility index (Phi) is 7.51. The molecular weight excluding hydrogens is 322 g/mol. The van der Waals surface area contributed by atoms with Gasteiger partial charge in [-0.1, -0.05) is 30.7 Å². The molecule has 1 amide bonds. The Hall–Kier alpha value is -1.39. The Balaban J connectivity index is 1.37. The second-order valence-electron chi connectivity index (χ2n) is 8.14. The molecule has 2 saturated heterocycles. The number of amides is 1. The number of rotatable bonds is 7. The van der Waals surface area contributed by atoms with Crippen LogP contribution in [0.5, 0.6) is 0 Å². The van der Waals surface area contributed by atoms with Gasteiger partial charge in [0.2, 0.25) is 5.91 Å². The van der Waals surface area contributed by atoms with E-state index in [0.29, 0.717) is 19.0 Å². The Morgan fingerprint density at radius 1 is 1.12 bits per heavy atom. The van der Waals surface area contributed by atoms with Crippen molar-refractivity contribution < 1.29 is 4.79 Å². The molecule has 0 saturated carbocycles. The number of hydrogen-bond acceptors (Lipinski definition) is 3. The van der Waals surface area contributed by atoms with Crippen molar-refractivity contribution in [3.05, 3.63) is 35.4 Å². The molecule has 2 N–H and O–H groups in total. The van der Waals surface area contributed by atoms with Crippen LogP contribution < -0.4 is 10.6 Å². The lowest BCUT2D eigenvalue weighted by atomic mass is 9.93. The van der Waals surface area contributed by atoms with Crippen molar-refractivity contribution in [2.24, 2.45) is 5.92 Å². The van der Waals surface area contributed by atoms with Crippen molar-refractivity contribution in [3.63, 3.8) is 0 Å². The molecule has 0 spiro atoms. The van der Waals surface area contributed by atoms with Crippen molar-refractivity contribution in [3.8, 4) is 0 Å². The highest BCUT2D eigenvalue weighted by Crippen LogP contribution is 2.20. The van der Waals surface area contributed by atoms with Gasteiger partial charge in [0.15, 0.2) is 0 Å². The predicted octanol–water partition coefficient (Wildman–Crippen LogP) is 3.46. The van der Waals surface area contributed by atoms with E-state index < -0.39 is 0 Å². The maximum absolute atomic E-state index is 12.1. The SMILES string of the molecule is CC1CCCCN1Cc1ccc(CNC(=O)CCC2CCNCC2)cc1. The van der Waals surface area contributed by atoms with Crippen LogP contribution in [-0.2, 0) is 17.9 Å². The highest BCUT2D eigenvalue weighted by atomic mass is 16.1. The molecule has 2 aliphatic rings. The zero-order valence-electron chi connectivity index (χ0n) is 16.3. The van der Waals surface area contributed by atoms with E-state index in [0.717, 1.165) is 32.0 Å². The molecule has 1 unspecified atom stereocenters. The molecule has 0 bridgehead atoms. The maximum Gasteiger partial charge on any atom is 0.220 e. The number of likely N-dealkylation sites (tertiary alicyclic amines) is 1. The summed E-state index contributed by atoms with van der Waals surface area (Å²) in [6.07, 6.45) is 8.13. The summed E-state index contributed by atoms with van der Waals surface area (Å²) in [5, 5.41) is 6.46. The Bertz CT molecular complexity index is 551. The number of benzene rings is 1. The molecule has 2 fully saturated rings. The molecule has 4 nitrogen and oxygen atoms in total. The number of carbonyl (C=O) groups is 1. The van der Waals surface area contributed by atoms with Crippen LogP contribution in [0.4, 0.5) is 0 Å². The number of nitrogens with one attached hydrogen (secondary N) is 2. The summed E-state index contributed by atoms with van der Waals surface area (Å²) in [5.41, 5.74) is 2.57. The fourth-order valence-corrected chi connectivity index (χ4v) is 4.18. The molecule has 1 aromatic carbocycles. The number of nitrogens with zero attached hydrogens (tertiary/aromatic N) is 1. The number of piperidine rings is 2. The van der Waals surface area contributed by atoms with Gasteiger partial charge in [0.25, 0.3) is 0 Å². The average molecular weight is 358 g/mol. The molecule has 144 valence electrons. The lowest BCUT2D eigenvalue weighted by Crippen LogP contribution is -2.36. The minimum atomic E-state index is 0.190. The van der Waals surface area contributed by atoms with Crippen molar-refractivity contribution in [2.75, 3.05) is 19.6 Å². The Morgan fingerprint density at radius 3 is 2.58 bits per heavy atom. The van der Waals surface area contributed by atoms with E-state index in [9.17, 15) is 4.79 Å². The van der Waals surface area contributed by atoms with Crippen LogP contribution in [-0.4, -0.2) is 36.5 Å². The van der Waals surface area contributed by atoms with Gasteiger partial charge >= 0.3 is 0 Å². The second-order valence-corrected chi connectivity index (χ2v) is 8.14. The van der Waals surface area contributed by atoms with Gasteiger partial charge in [-0.2, -0.15) is 0 Å². The van der Waals surface area contributed by atoms with Crippen molar-refractivity contribution >= 4 is 5.91 Å². The normalized spacial score (nSPS) is 22.3. The van der Waals surface area contributed by atoms with E-state index in [-0.39, 0.29) is 5.91 Å². The van der Waals surface area contributed by atoms with E-state index in [1.807, 2.05) is 0 Å². The van der Waals surface area contributed by atoms with E-state index in [1.54, 1.807) is 0 Å². The molecule has 0 aliphatic carbocycles. The van der Waals surface area contributed by atoms with Gasteiger partial charge in [-0.15, -0.1) is 0 Å². The molecule has 0 radical (unpaired) electrons. The van der Waals surface area contributed by atoms with Gasteiger partial charge in [-0.3, -0.25) is 9.69 Å². The van der Waals surface area contributed by atoms with E-state index >= 15 is 0 Å². The monoisotopic (exact) mass is 357 g/mol. The van der Waals surface area contributed by atoms with Crippen LogP contribution in [0.3, 0.4) is 0 Å². The van der Waals surface area contributed by atoms with Crippen LogP contribution in [0.1, 0.15) is 63.0 Å². The highest BCUT2D eigenvalue weighted by molar-refractivity contribution is 5.75. The topological polar surface area (TPSA) is 44.4 Å². The minimum Gasteiger partial charge on any atom is -0.352 e. The zero-order chi connectivity index (χ0) is 18.2. The van der Waals surface area contributed by atoms with Crippen LogP contribution in [0.2, 0.25) is 0 Å². The highest BCUT2D eigenvalue weighted by Gasteiger charge is 2.18. The maximum atomic E-state index is 12.1. The molecule has 1 atom stereocenters. The lowest BCUT2D eigenvalue weighted by molar-refractivity contribution is -0.121. The fourth-order valence-electron chi connectivity index (χ4n) is 4.18. The first-order chi connectivity index (χ1) is 12.7. The van der Waals surface area contributed by atoms with Crippen LogP contribution in [0.15, 0.2) is 24.3 Å². The fraction of sp³-hybridized carbons (Fsp3) is 0.682. The van der Waals surface area contributed by atoms with Gasteiger partial charge in [0, 0.05) is 25.6 Å². The summed E-state index contributed by atoms with van der Waals surface area (Å²) < 4.78 is 0. The summed E-state index contributed by atoms with van der Waals surface area (Å²) in [6.45, 7) is 7.46. The first-order valence-corrected chi connectivity index (χ1v) is 10.5. The summed E-state index contributed by atoms with van der Waals surface area (Å²) in [4.78, 5) is 14.7. The van der Waals surface area contributed by atoms with Gasteiger partial charge in [0.05, 0.1) is 0 Å². The number of carbonyl (C=O) groups excluding carboxylic acids is 1. The quantitative estimate of drug-likeness (QED) is 0.785. The number of hydrogen-bond donors (Lipinski definition) is 2. The summed E-state index contributed by atoms with van der Waals surface area (Å²) in [7, 11) is 0. The molecule has 0 aromatic heterocycles. The molecule has 2 heterocycles. The van der Waals surface area contributed by atoms with E-state index in [4.69, 9.17) is 0 Å². The van der Waals surface area contributed by atoms with Crippen LogP contribution >= 0.6 is 0 Å². The summed E-state index contributed by atoms with van der Waals surface area (Å²) >= 11 is 0. The Labute approximate surface area is 158 Å². The largest absolute Gasteiger partial charge is 0.352 e. The predicted molar refractivity (Wildman–Crippen MR) is 107 cm³/mol. The molecule has 4 heteroatoms. The zero-order valence-corrected chi connectivity index (χ0v) is 16.3. The Morgan fingerprint density at radius 2 is 1.85 bits per heavy atom. The first kappa shape index (κ1) is 19.4. The van der Waals surface area contributed by atoms with Gasteiger partial charge in [-0.25, -0.2) is 0 Å². The minimum absolute atomic E-state index is 0.190. The lowest BCUT2D eigenvalue weighted by Gasteiger charge is -2.33. The standard InChI is InChI=1S/C22H35N3O/c1-18-4-2-3-15-25(18)17-21-7-5-20(6-8-21)16-24-22(26)10-9-19-11-13-23-14-12-19/h5-8,18-19,23H,2-4,9-17H2,1H3,(H,24,26). The summed E-state index contributed by atoms with van der Waals surface area (Å²) in [5.74, 6) is 0.910. The molecule has 26 heavy (non-hydrogen) atoms. The third-order valence-corrected chi connectivity index (χ3v) is 6.08. The third kappa shape index (κ3) is 6.10. The van der Waals surface area contributed by atoms with Gasteiger partial charge in [-0.05, 0) is 75.7 Å². The van der Waals surface area contributed by atoms with Crippen LogP contribution in [0, 0.1) is 5.92 Å². The van der Waals surface area contributed by atoms with Crippen molar-refractivity contribution in [1.82, 2.24) is 15.5 Å². The molecule has 2 aliphatic heterocycles. The molecular formula is C22H35N3O.